The molecule has 4 aromatic rings. The average molecular weight is 478 g/mol. The first-order valence-corrected chi connectivity index (χ1v) is 10.6. The molecule has 1 heterocycles. The van der Waals surface area contributed by atoms with Gasteiger partial charge in [-0.25, -0.2) is 4.98 Å². The van der Waals surface area contributed by atoms with Gasteiger partial charge in [-0.3, -0.25) is 4.79 Å². The molecule has 0 saturated heterocycles. The quantitative estimate of drug-likeness (QED) is 0.268. The van der Waals surface area contributed by atoms with E-state index in [4.69, 9.17) is 27.9 Å². The normalized spacial score (nSPS) is 11.7. The van der Waals surface area contributed by atoms with E-state index in [0.29, 0.717) is 28.3 Å². The minimum Gasteiger partial charge on any atom is -0.506 e. The van der Waals surface area contributed by atoms with Crippen molar-refractivity contribution < 1.29 is 9.84 Å². The molecular weight excluding hydrogens is 461 g/mol. The number of halogens is 2. The van der Waals surface area contributed by atoms with Gasteiger partial charge in [0, 0.05) is 16.7 Å². The third-order valence-electron chi connectivity index (χ3n) is 4.98. The van der Waals surface area contributed by atoms with Gasteiger partial charge in [-0.1, -0.05) is 53.0 Å². The summed E-state index contributed by atoms with van der Waals surface area (Å²) in [5.41, 5.74) is 1.98. The Morgan fingerprint density at radius 1 is 1.12 bits per heavy atom. The van der Waals surface area contributed by atoms with Crippen LogP contribution in [0.4, 0.5) is 0 Å². The number of allylic oxidation sites excluding steroid dienone is 1. The van der Waals surface area contributed by atoms with Crippen LogP contribution in [0.25, 0.3) is 22.2 Å². The Bertz CT molecular complexity index is 1490. The van der Waals surface area contributed by atoms with Gasteiger partial charge in [0.1, 0.15) is 29.8 Å². The van der Waals surface area contributed by atoms with Crippen LogP contribution in [0.5, 0.6) is 5.75 Å². The summed E-state index contributed by atoms with van der Waals surface area (Å²) in [4.78, 5) is 19.6. The first kappa shape index (κ1) is 22.4. The Balaban J connectivity index is 1.72. The number of nitrogens with zero attached hydrogens (tertiary/aromatic N) is 2. The molecule has 0 atom stereocenters. The van der Waals surface area contributed by atoms with Gasteiger partial charge < -0.3 is 14.8 Å². The summed E-state index contributed by atoms with van der Waals surface area (Å²) in [6.07, 6.45) is 0. The summed E-state index contributed by atoms with van der Waals surface area (Å²) < 4.78 is 5.84. The summed E-state index contributed by atoms with van der Waals surface area (Å²) in [6.45, 7) is 2.36. The second-order valence-electron chi connectivity index (χ2n) is 7.33. The summed E-state index contributed by atoms with van der Waals surface area (Å²) in [5.74, 6) is 0.00206. The van der Waals surface area contributed by atoms with Crippen molar-refractivity contribution >= 4 is 45.4 Å². The maximum absolute atomic E-state index is 12.6. The molecule has 0 aliphatic rings. The molecule has 0 saturated carbocycles. The van der Waals surface area contributed by atoms with Crippen LogP contribution < -0.4 is 10.3 Å². The average Bonchev–Trinajstić information content (AvgIpc) is 2.79. The van der Waals surface area contributed by atoms with E-state index in [0.717, 1.165) is 11.1 Å². The largest absolute Gasteiger partial charge is 0.506 e. The van der Waals surface area contributed by atoms with Gasteiger partial charge in [-0.05, 0) is 42.8 Å². The highest BCUT2D eigenvalue weighted by atomic mass is 35.5. The van der Waals surface area contributed by atoms with E-state index in [1.165, 1.54) is 18.2 Å². The molecule has 0 aliphatic carbocycles. The van der Waals surface area contributed by atoms with E-state index in [-0.39, 0.29) is 22.0 Å². The number of fused-ring (bicyclic) bond motifs is 1. The molecule has 164 valence electrons. The van der Waals surface area contributed by atoms with Crippen molar-refractivity contribution in [3.05, 3.63) is 104 Å². The first-order valence-electron chi connectivity index (χ1n) is 9.87. The summed E-state index contributed by atoms with van der Waals surface area (Å²) in [6, 6.07) is 19.2. The highest BCUT2D eigenvalue weighted by Crippen LogP contribution is 2.30. The van der Waals surface area contributed by atoms with E-state index in [1.807, 2.05) is 37.3 Å². The van der Waals surface area contributed by atoms with E-state index in [9.17, 15) is 15.2 Å². The van der Waals surface area contributed by atoms with Crippen LogP contribution in [0.1, 0.15) is 22.5 Å². The third kappa shape index (κ3) is 4.85. The number of aromatic nitrogens is 2. The van der Waals surface area contributed by atoms with Gasteiger partial charge in [0.2, 0.25) is 0 Å². The molecule has 33 heavy (non-hydrogen) atoms. The van der Waals surface area contributed by atoms with Crippen LogP contribution >= 0.6 is 23.2 Å². The van der Waals surface area contributed by atoms with Crippen LogP contribution in [0, 0.1) is 18.3 Å². The van der Waals surface area contributed by atoms with Crippen molar-refractivity contribution in [3.63, 3.8) is 0 Å². The predicted octanol–water partition coefficient (Wildman–Crippen LogP) is 6.07. The number of hydrogen-bond acceptors (Lipinski definition) is 5. The number of ether oxygens (including phenoxy) is 1. The number of benzene rings is 3. The van der Waals surface area contributed by atoms with Gasteiger partial charge in [-0.15, -0.1) is 0 Å². The number of aromatic amines is 1. The lowest BCUT2D eigenvalue weighted by molar-refractivity contribution is 0.306. The van der Waals surface area contributed by atoms with E-state index < -0.39 is 11.3 Å². The number of aliphatic hydroxyl groups excluding tert-OH is 1. The Labute approximate surface area is 199 Å². The first-order chi connectivity index (χ1) is 15.9. The Hall–Kier alpha value is -3.79. The number of aryl methyl sites for hydroxylation is 1. The highest BCUT2D eigenvalue weighted by Gasteiger charge is 2.17. The van der Waals surface area contributed by atoms with E-state index >= 15 is 0 Å². The zero-order chi connectivity index (χ0) is 23.5. The van der Waals surface area contributed by atoms with Crippen molar-refractivity contribution in [3.8, 4) is 11.8 Å². The lowest BCUT2D eigenvalue weighted by Gasteiger charge is -2.09. The van der Waals surface area contributed by atoms with Crippen molar-refractivity contribution in [2.45, 2.75) is 13.5 Å². The predicted molar refractivity (Wildman–Crippen MR) is 129 cm³/mol. The molecule has 8 heteroatoms. The second kappa shape index (κ2) is 9.37. The Kier molecular flexibility index (Phi) is 6.36. The Morgan fingerprint density at radius 3 is 2.58 bits per heavy atom. The van der Waals surface area contributed by atoms with Crippen LogP contribution in [0.3, 0.4) is 0 Å². The summed E-state index contributed by atoms with van der Waals surface area (Å²) in [5, 5.41) is 21.2. The lowest BCUT2D eigenvalue weighted by Crippen LogP contribution is -2.12. The van der Waals surface area contributed by atoms with Gasteiger partial charge in [0.25, 0.3) is 5.56 Å². The van der Waals surface area contributed by atoms with Crippen molar-refractivity contribution in [1.29, 1.82) is 5.26 Å². The number of nitrogens with one attached hydrogen (secondary N) is 1. The SMILES string of the molecule is Cc1ccc(COc2ccc3c(=O)[nH]c(C(C#N)=C(O)c4ccc(Cl)cc4Cl)nc3c2)cc1. The number of H-pyrrole nitrogens is 1. The number of rotatable bonds is 5. The highest BCUT2D eigenvalue weighted by molar-refractivity contribution is 6.35. The van der Waals surface area contributed by atoms with E-state index in [2.05, 4.69) is 9.97 Å². The molecule has 6 nitrogen and oxygen atoms in total. The van der Waals surface area contributed by atoms with Crippen LogP contribution in [0.15, 0.2) is 65.5 Å². The van der Waals surface area contributed by atoms with Gasteiger partial charge in [0.05, 0.1) is 15.9 Å². The molecule has 1 aromatic heterocycles. The number of aliphatic hydroxyl groups is 1. The molecule has 4 rings (SSSR count). The fraction of sp³-hybridized carbons (Fsp3) is 0.0800. The lowest BCUT2D eigenvalue weighted by atomic mass is 10.1. The van der Waals surface area contributed by atoms with Crippen molar-refractivity contribution in [1.82, 2.24) is 9.97 Å². The number of nitriles is 1. The minimum absolute atomic E-state index is 0.0887. The fourth-order valence-electron chi connectivity index (χ4n) is 3.21. The number of hydrogen-bond donors (Lipinski definition) is 2. The molecule has 0 fully saturated rings. The molecule has 0 bridgehead atoms. The van der Waals surface area contributed by atoms with Crippen LogP contribution in [-0.4, -0.2) is 15.1 Å². The molecule has 0 amide bonds. The Morgan fingerprint density at radius 2 is 1.88 bits per heavy atom. The van der Waals surface area contributed by atoms with Crippen molar-refractivity contribution in [2.24, 2.45) is 0 Å². The molecule has 0 aliphatic heterocycles. The molecule has 3 aromatic carbocycles. The summed E-state index contributed by atoms with van der Waals surface area (Å²) >= 11 is 12.1. The zero-order valence-corrected chi connectivity index (χ0v) is 18.9. The third-order valence-corrected chi connectivity index (χ3v) is 5.52. The zero-order valence-electron chi connectivity index (χ0n) is 17.4. The van der Waals surface area contributed by atoms with Gasteiger partial charge >= 0.3 is 0 Å². The monoisotopic (exact) mass is 477 g/mol. The standard InChI is InChI=1S/C25H17Cl2N3O3/c1-14-2-4-15(5-3-14)13-33-17-7-9-19-22(11-17)29-24(30-25(19)32)20(12-28)23(31)18-8-6-16(26)10-21(18)27/h2-11,31H,13H2,1H3,(H,29,30,32). The van der Waals surface area contributed by atoms with Gasteiger partial charge in [-0.2, -0.15) is 5.26 Å². The summed E-state index contributed by atoms with van der Waals surface area (Å²) in [7, 11) is 0. The van der Waals surface area contributed by atoms with Crippen LogP contribution in [0.2, 0.25) is 10.0 Å². The maximum Gasteiger partial charge on any atom is 0.259 e. The molecule has 0 spiro atoms. The van der Waals surface area contributed by atoms with Crippen LogP contribution in [-0.2, 0) is 6.61 Å². The van der Waals surface area contributed by atoms with E-state index in [1.54, 1.807) is 18.2 Å². The molecule has 0 unspecified atom stereocenters. The molecule has 0 radical (unpaired) electrons. The van der Waals surface area contributed by atoms with Crippen molar-refractivity contribution in [2.75, 3.05) is 0 Å². The smallest absolute Gasteiger partial charge is 0.259 e. The molecular formula is C25H17Cl2N3O3. The van der Waals surface area contributed by atoms with Gasteiger partial charge in [0.15, 0.2) is 5.82 Å². The second-order valence-corrected chi connectivity index (χ2v) is 8.17. The maximum atomic E-state index is 12.6. The fourth-order valence-corrected chi connectivity index (χ4v) is 3.71. The topological polar surface area (TPSA) is 99.0 Å². The molecule has 2 N–H and O–H groups in total. The minimum atomic E-state index is -0.456.